The van der Waals surface area contributed by atoms with Crippen LogP contribution in [0.3, 0.4) is 0 Å². The van der Waals surface area contributed by atoms with Crippen molar-refractivity contribution < 1.29 is 14.3 Å². The van der Waals surface area contributed by atoms with Crippen LogP contribution in [0.5, 0.6) is 0 Å². The van der Waals surface area contributed by atoms with Gasteiger partial charge in [0.1, 0.15) is 0 Å². The van der Waals surface area contributed by atoms with Crippen LogP contribution >= 0.6 is 11.6 Å². The molecular weight excluding hydrogens is 330 g/mol. The van der Waals surface area contributed by atoms with Gasteiger partial charge in [0.2, 0.25) is 5.91 Å². The number of amides is 2. The summed E-state index contributed by atoms with van der Waals surface area (Å²) in [4.78, 5) is 27.9. The van der Waals surface area contributed by atoms with Gasteiger partial charge in [0, 0.05) is 36.9 Å². The summed E-state index contributed by atoms with van der Waals surface area (Å²) in [6.07, 6.45) is -0.288. The number of piperazine rings is 1. The fraction of sp³-hybridized carbons (Fsp3) is 0.529. The molecule has 1 unspecified atom stereocenters. The molecule has 2 rings (SSSR count). The summed E-state index contributed by atoms with van der Waals surface area (Å²) in [5.74, 6) is -0.0787. The monoisotopic (exact) mass is 353 g/mol. The summed E-state index contributed by atoms with van der Waals surface area (Å²) in [7, 11) is 0. The Morgan fingerprint density at radius 1 is 1.29 bits per heavy atom. The van der Waals surface area contributed by atoms with Crippen molar-refractivity contribution >= 4 is 29.3 Å². The van der Waals surface area contributed by atoms with E-state index in [1.807, 2.05) is 19.9 Å². The molecule has 0 spiro atoms. The molecule has 0 radical (unpaired) electrons. The molecule has 1 atom stereocenters. The van der Waals surface area contributed by atoms with E-state index in [9.17, 15) is 9.59 Å². The number of aryl methyl sites for hydroxylation is 1. The molecule has 1 aliphatic heterocycles. The summed E-state index contributed by atoms with van der Waals surface area (Å²) < 4.78 is 5.00. The lowest BCUT2D eigenvalue weighted by Crippen LogP contribution is -2.54. The minimum Gasteiger partial charge on any atom is -0.450 e. The van der Waals surface area contributed by atoms with Crippen LogP contribution in [-0.2, 0) is 9.53 Å². The van der Waals surface area contributed by atoms with Gasteiger partial charge in [-0.1, -0.05) is 17.7 Å². The van der Waals surface area contributed by atoms with Gasteiger partial charge in [-0.25, -0.2) is 4.79 Å². The van der Waals surface area contributed by atoms with Gasteiger partial charge in [-0.05, 0) is 38.5 Å². The van der Waals surface area contributed by atoms with Crippen molar-refractivity contribution in [3.05, 3.63) is 28.8 Å². The zero-order valence-corrected chi connectivity index (χ0v) is 15.1. The maximum Gasteiger partial charge on any atom is 0.409 e. The van der Waals surface area contributed by atoms with Gasteiger partial charge in [0.05, 0.1) is 12.6 Å². The first-order valence-corrected chi connectivity index (χ1v) is 8.53. The maximum atomic E-state index is 12.5. The largest absolute Gasteiger partial charge is 0.450 e. The lowest BCUT2D eigenvalue weighted by molar-refractivity contribution is -0.121. The highest BCUT2D eigenvalue weighted by Crippen LogP contribution is 2.21. The van der Waals surface area contributed by atoms with Crippen molar-refractivity contribution in [2.24, 2.45) is 0 Å². The smallest absolute Gasteiger partial charge is 0.409 e. The lowest BCUT2D eigenvalue weighted by atomic mass is 10.1. The molecule has 0 aromatic heterocycles. The van der Waals surface area contributed by atoms with Crippen LogP contribution in [0.1, 0.15) is 19.4 Å². The Morgan fingerprint density at radius 2 is 1.96 bits per heavy atom. The minimum atomic E-state index is -0.288. The van der Waals surface area contributed by atoms with Gasteiger partial charge in [-0.15, -0.1) is 0 Å². The van der Waals surface area contributed by atoms with E-state index in [0.717, 1.165) is 11.3 Å². The first kappa shape index (κ1) is 18.5. The Balaban J connectivity index is 1.90. The number of anilines is 1. The number of nitrogens with zero attached hydrogens (tertiary/aromatic N) is 2. The highest BCUT2D eigenvalue weighted by molar-refractivity contribution is 6.31. The molecule has 1 aromatic rings. The van der Waals surface area contributed by atoms with Gasteiger partial charge in [-0.3, -0.25) is 9.69 Å². The van der Waals surface area contributed by atoms with Crippen molar-refractivity contribution in [2.45, 2.75) is 26.8 Å². The number of carbonyl (C=O) groups is 2. The molecule has 1 aliphatic rings. The number of benzene rings is 1. The normalized spacial score (nSPS) is 16.6. The van der Waals surface area contributed by atoms with E-state index < -0.39 is 0 Å². The Morgan fingerprint density at radius 3 is 2.58 bits per heavy atom. The van der Waals surface area contributed by atoms with E-state index in [-0.39, 0.29) is 18.0 Å². The summed E-state index contributed by atoms with van der Waals surface area (Å²) >= 11 is 5.99. The molecular formula is C17H24ClN3O3. The van der Waals surface area contributed by atoms with E-state index in [4.69, 9.17) is 16.3 Å². The molecule has 1 heterocycles. The fourth-order valence-corrected chi connectivity index (χ4v) is 2.81. The number of halogens is 1. The van der Waals surface area contributed by atoms with E-state index in [1.54, 1.807) is 24.0 Å². The predicted molar refractivity (Wildman–Crippen MR) is 94.4 cm³/mol. The van der Waals surface area contributed by atoms with Crippen molar-refractivity contribution in [2.75, 3.05) is 38.1 Å². The fourth-order valence-electron chi connectivity index (χ4n) is 2.64. The van der Waals surface area contributed by atoms with Crippen molar-refractivity contribution in [3.8, 4) is 0 Å². The highest BCUT2D eigenvalue weighted by atomic mass is 35.5. The van der Waals surface area contributed by atoms with Crippen molar-refractivity contribution in [3.63, 3.8) is 0 Å². The van der Waals surface area contributed by atoms with Crippen LogP contribution < -0.4 is 5.32 Å². The molecule has 6 nitrogen and oxygen atoms in total. The van der Waals surface area contributed by atoms with E-state index in [2.05, 4.69) is 10.2 Å². The third-order valence-corrected chi connectivity index (χ3v) is 4.46. The second-order valence-electron chi connectivity index (χ2n) is 5.85. The Hall–Kier alpha value is -1.79. The number of rotatable bonds is 4. The molecule has 7 heteroatoms. The molecule has 1 N–H and O–H groups in total. The summed E-state index contributed by atoms with van der Waals surface area (Å²) in [6.45, 7) is 8.36. The van der Waals surface area contributed by atoms with Crippen molar-refractivity contribution in [1.29, 1.82) is 0 Å². The standard InChI is InChI=1S/C17H24ClN3O3/c1-4-24-17(23)21-9-7-20(8-10-21)13(3)16(22)19-15-11-14(18)6-5-12(15)2/h5-6,11,13H,4,7-10H2,1-3H3,(H,19,22). The number of carbonyl (C=O) groups excluding carboxylic acids is 2. The highest BCUT2D eigenvalue weighted by Gasteiger charge is 2.28. The summed E-state index contributed by atoms with van der Waals surface area (Å²) in [5.41, 5.74) is 1.69. The van der Waals surface area contributed by atoms with Crippen LogP contribution in [0, 0.1) is 6.92 Å². The maximum absolute atomic E-state index is 12.5. The van der Waals surface area contributed by atoms with Gasteiger partial charge in [0.25, 0.3) is 0 Å². The van der Waals surface area contributed by atoms with Crippen LogP contribution in [0.25, 0.3) is 0 Å². The molecule has 1 aromatic carbocycles. The molecule has 2 amide bonds. The minimum absolute atomic E-state index is 0.0787. The SMILES string of the molecule is CCOC(=O)N1CCN(C(C)C(=O)Nc2cc(Cl)ccc2C)CC1. The van der Waals surface area contributed by atoms with Gasteiger partial charge >= 0.3 is 6.09 Å². The predicted octanol–water partition coefficient (Wildman–Crippen LogP) is 2.75. The zero-order chi connectivity index (χ0) is 17.7. The molecule has 0 aliphatic carbocycles. The molecule has 24 heavy (non-hydrogen) atoms. The number of ether oxygens (including phenoxy) is 1. The van der Waals surface area contributed by atoms with Crippen LogP contribution in [0.15, 0.2) is 18.2 Å². The first-order chi connectivity index (χ1) is 11.4. The van der Waals surface area contributed by atoms with Crippen LogP contribution in [0.2, 0.25) is 5.02 Å². The van der Waals surface area contributed by atoms with Gasteiger partial charge in [0.15, 0.2) is 0 Å². The molecule has 0 bridgehead atoms. The van der Waals surface area contributed by atoms with Crippen LogP contribution in [0.4, 0.5) is 10.5 Å². The number of hydrogen-bond acceptors (Lipinski definition) is 4. The third kappa shape index (κ3) is 4.61. The second-order valence-corrected chi connectivity index (χ2v) is 6.28. The zero-order valence-electron chi connectivity index (χ0n) is 14.3. The molecule has 0 saturated carbocycles. The summed E-state index contributed by atoms with van der Waals surface area (Å²) in [6, 6.07) is 5.14. The van der Waals surface area contributed by atoms with Crippen LogP contribution in [-0.4, -0.2) is 60.6 Å². The average molecular weight is 354 g/mol. The van der Waals surface area contributed by atoms with E-state index in [1.165, 1.54) is 0 Å². The Labute approximate surface area is 147 Å². The topological polar surface area (TPSA) is 61.9 Å². The number of nitrogens with one attached hydrogen (secondary N) is 1. The average Bonchev–Trinajstić information content (AvgIpc) is 2.57. The van der Waals surface area contributed by atoms with E-state index in [0.29, 0.717) is 37.8 Å². The Bertz CT molecular complexity index is 601. The molecule has 1 saturated heterocycles. The molecule has 1 fully saturated rings. The van der Waals surface area contributed by atoms with Crippen molar-refractivity contribution in [1.82, 2.24) is 9.80 Å². The second kappa shape index (κ2) is 8.35. The lowest BCUT2D eigenvalue weighted by Gasteiger charge is -2.36. The third-order valence-electron chi connectivity index (χ3n) is 4.22. The number of hydrogen-bond donors (Lipinski definition) is 1. The van der Waals surface area contributed by atoms with Gasteiger partial charge in [-0.2, -0.15) is 0 Å². The summed E-state index contributed by atoms with van der Waals surface area (Å²) in [5, 5.41) is 3.52. The van der Waals surface area contributed by atoms with E-state index >= 15 is 0 Å². The molecule has 132 valence electrons. The Kier molecular flexibility index (Phi) is 6.45. The quantitative estimate of drug-likeness (QED) is 0.904. The van der Waals surface area contributed by atoms with Gasteiger partial charge < -0.3 is 15.0 Å². The first-order valence-electron chi connectivity index (χ1n) is 8.15.